The van der Waals surface area contributed by atoms with Crippen molar-refractivity contribution >= 4 is 21.7 Å². The van der Waals surface area contributed by atoms with E-state index in [0.29, 0.717) is 48.9 Å². The fourth-order valence-corrected chi connectivity index (χ4v) is 8.28. The first-order valence-electron chi connectivity index (χ1n) is 16.2. The lowest BCUT2D eigenvalue weighted by atomic mass is 9.63. The van der Waals surface area contributed by atoms with Crippen molar-refractivity contribution in [3.05, 3.63) is 112 Å². The number of hydrogen-bond acceptors (Lipinski definition) is 7. The third kappa shape index (κ3) is 6.53. The van der Waals surface area contributed by atoms with E-state index in [0.717, 1.165) is 23.4 Å². The minimum Gasteiger partial charge on any atom is -0.493 e. The van der Waals surface area contributed by atoms with Crippen LogP contribution in [0.5, 0.6) is 11.5 Å². The molecule has 47 heavy (non-hydrogen) atoms. The van der Waals surface area contributed by atoms with Gasteiger partial charge >= 0.3 is 10.1 Å². The molecule has 0 saturated carbocycles. The van der Waals surface area contributed by atoms with E-state index in [4.69, 9.17) is 8.92 Å². The summed E-state index contributed by atoms with van der Waals surface area (Å²) >= 11 is 0. The van der Waals surface area contributed by atoms with Crippen LogP contribution in [0.3, 0.4) is 0 Å². The molecule has 7 nitrogen and oxygen atoms in total. The van der Waals surface area contributed by atoms with Gasteiger partial charge < -0.3 is 13.8 Å². The Morgan fingerprint density at radius 2 is 1.34 bits per heavy atom. The van der Waals surface area contributed by atoms with Crippen molar-refractivity contribution < 1.29 is 26.9 Å². The van der Waals surface area contributed by atoms with Gasteiger partial charge in [0.2, 0.25) is 0 Å². The second-order valence-corrected chi connectivity index (χ2v) is 16.2. The Morgan fingerprint density at radius 3 is 1.89 bits per heavy atom. The zero-order chi connectivity index (χ0) is 33.7. The number of hydrogen-bond donors (Lipinski definition) is 0. The van der Waals surface area contributed by atoms with Crippen LogP contribution in [0.25, 0.3) is 0 Å². The average molecular weight is 654 g/mol. The smallest absolute Gasteiger partial charge is 0.339 e. The Kier molecular flexibility index (Phi) is 8.45. The molecule has 0 fully saturated rings. The van der Waals surface area contributed by atoms with Crippen molar-refractivity contribution in [1.82, 2.24) is 4.90 Å². The quantitative estimate of drug-likeness (QED) is 0.230. The van der Waals surface area contributed by atoms with Crippen molar-refractivity contribution in [2.45, 2.75) is 77.5 Å². The van der Waals surface area contributed by atoms with E-state index in [-0.39, 0.29) is 38.8 Å². The summed E-state index contributed by atoms with van der Waals surface area (Å²) in [5.74, 6) is -0.265. The first-order valence-corrected chi connectivity index (χ1v) is 17.6. The summed E-state index contributed by atoms with van der Waals surface area (Å²) in [6, 6.07) is 21.8. The topological polar surface area (TPSA) is 90.0 Å². The molecule has 1 heterocycles. The van der Waals surface area contributed by atoms with Gasteiger partial charge in [0.15, 0.2) is 23.1 Å². The highest BCUT2D eigenvalue weighted by Crippen LogP contribution is 2.55. The molecular weight excluding hydrogens is 610 g/mol. The molecule has 8 heteroatoms. The minimum absolute atomic E-state index is 0.0348. The fourth-order valence-electron chi connectivity index (χ4n) is 7.34. The molecule has 0 N–H and O–H groups in total. The van der Waals surface area contributed by atoms with Crippen molar-refractivity contribution in [2.75, 3.05) is 13.7 Å². The van der Waals surface area contributed by atoms with Crippen molar-refractivity contribution in [1.29, 1.82) is 0 Å². The molecule has 0 bridgehead atoms. The highest BCUT2D eigenvalue weighted by atomic mass is 32.2. The maximum atomic E-state index is 14.2. The first-order chi connectivity index (χ1) is 22.2. The third-order valence-electron chi connectivity index (χ3n) is 9.52. The van der Waals surface area contributed by atoms with Crippen molar-refractivity contribution in [3.8, 4) is 11.5 Å². The van der Waals surface area contributed by atoms with Gasteiger partial charge in [-0.2, -0.15) is 8.42 Å². The van der Waals surface area contributed by atoms with Crippen molar-refractivity contribution in [3.63, 3.8) is 0 Å². The van der Waals surface area contributed by atoms with Crippen LogP contribution < -0.4 is 8.92 Å². The van der Waals surface area contributed by atoms with Gasteiger partial charge in [0.1, 0.15) is 4.90 Å². The molecule has 6 rings (SSSR count). The maximum absolute atomic E-state index is 14.2. The number of benzene rings is 3. The molecule has 0 amide bonds. The summed E-state index contributed by atoms with van der Waals surface area (Å²) in [5, 5.41) is 0. The van der Waals surface area contributed by atoms with Gasteiger partial charge in [-0.3, -0.25) is 9.59 Å². The predicted octanol–water partition coefficient (Wildman–Crippen LogP) is 7.70. The monoisotopic (exact) mass is 653 g/mol. The van der Waals surface area contributed by atoms with Crippen LogP contribution in [0.15, 0.2) is 100 Å². The molecule has 0 saturated heterocycles. The van der Waals surface area contributed by atoms with E-state index < -0.39 is 16.0 Å². The van der Waals surface area contributed by atoms with Gasteiger partial charge in [-0.15, -0.1) is 0 Å². The lowest BCUT2D eigenvalue weighted by Crippen LogP contribution is -2.45. The number of ether oxygens (including phenoxy) is 1. The number of aryl methyl sites for hydroxylation is 1. The van der Waals surface area contributed by atoms with E-state index in [2.05, 4.69) is 44.7 Å². The van der Waals surface area contributed by atoms with Crippen LogP contribution in [0.2, 0.25) is 0 Å². The summed E-state index contributed by atoms with van der Waals surface area (Å²) in [5.41, 5.74) is 5.64. The van der Waals surface area contributed by atoms with Gasteiger partial charge in [0.05, 0.1) is 7.11 Å². The number of carbonyl (C=O) groups excluding carboxylic acids is 2. The molecule has 0 unspecified atom stereocenters. The number of Topliss-reactive ketones (excluding diaryl/α,β-unsaturated/α-hetero) is 2. The molecule has 0 aromatic heterocycles. The number of methoxy groups -OCH3 is 1. The zero-order valence-corrected chi connectivity index (χ0v) is 28.9. The Morgan fingerprint density at radius 1 is 0.766 bits per heavy atom. The van der Waals surface area contributed by atoms with E-state index >= 15 is 0 Å². The van der Waals surface area contributed by atoms with Crippen LogP contribution in [0.4, 0.5) is 0 Å². The number of ketones is 2. The van der Waals surface area contributed by atoms with Gasteiger partial charge in [0.25, 0.3) is 0 Å². The Hall–Kier alpha value is -4.17. The molecule has 0 atom stereocenters. The van der Waals surface area contributed by atoms with Gasteiger partial charge in [0, 0.05) is 47.8 Å². The van der Waals surface area contributed by atoms with E-state index in [9.17, 15) is 18.0 Å². The molecule has 3 aromatic carbocycles. The molecular formula is C39H43NO6S. The van der Waals surface area contributed by atoms with Crippen LogP contribution in [0.1, 0.15) is 76.0 Å². The van der Waals surface area contributed by atoms with Crippen LogP contribution in [-0.4, -0.2) is 38.5 Å². The fraction of sp³-hybridized carbons (Fsp3) is 0.385. The normalized spacial score (nSPS) is 19.4. The largest absolute Gasteiger partial charge is 0.493 e. The lowest BCUT2D eigenvalue weighted by Gasteiger charge is -2.49. The summed E-state index contributed by atoms with van der Waals surface area (Å²) in [6.07, 6.45) is 2.95. The minimum atomic E-state index is -4.13. The van der Waals surface area contributed by atoms with Crippen molar-refractivity contribution in [2.24, 2.45) is 10.8 Å². The van der Waals surface area contributed by atoms with Crippen LogP contribution >= 0.6 is 0 Å². The first kappa shape index (κ1) is 32.8. The Bertz CT molecular complexity index is 1850. The number of carbonyl (C=O) groups is 2. The summed E-state index contributed by atoms with van der Waals surface area (Å²) in [7, 11) is -2.68. The maximum Gasteiger partial charge on any atom is 0.339 e. The Labute approximate surface area is 278 Å². The average Bonchev–Trinajstić information content (AvgIpc) is 2.99. The zero-order valence-electron chi connectivity index (χ0n) is 28.1. The standard InChI is InChI=1S/C39H43NO6S/c1-25-12-15-28(16-13-25)47(43,44)46-33-17-14-27(20-34(33)45-6)35-36-29(21-38(2,3)23-31(36)41)40(19-18-26-10-8-7-9-11-26)30-22-39(4,5)24-32(42)37(30)35/h7-17,20,35H,18-19,21-24H2,1-6H3. The van der Waals surface area contributed by atoms with Gasteiger partial charge in [-0.05, 0) is 72.4 Å². The molecule has 0 spiro atoms. The molecule has 1 aliphatic heterocycles. The van der Waals surface area contributed by atoms with E-state index in [1.807, 2.05) is 25.1 Å². The number of allylic oxidation sites excluding steroid dienone is 4. The second kappa shape index (κ2) is 12.1. The third-order valence-corrected chi connectivity index (χ3v) is 10.8. The highest BCUT2D eigenvalue weighted by molar-refractivity contribution is 7.87. The Balaban J connectivity index is 1.47. The molecule has 3 aliphatic rings. The number of rotatable bonds is 8. The molecule has 246 valence electrons. The van der Waals surface area contributed by atoms with E-state index in [1.165, 1.54) is 24.8 Å². The summed E-state index contributed by atoms with van der Waals surface area (Å²) in [4.78, 5) is 30.7. The predicted molar refractivity (Wildman–Crippen MR) is 182 cm³/mol. The summed E-state index contributed by atoms with van der Waals surface area (Å²) in [6.45, 7) is 11.1. The second-order valence-electron chi connectivity index (χ2n) is 14.7. The summed E-state index contributed by atoms with van der Waals surface area (Å²) < 4.78 is 37.6. The SMILES string of the molecule is COc1cc(C2C3=C(CC(C)(C)CC3=O)N(CCc3ccccc3)C3=C2C(=O)CC(C)(C)C3)ccc1OS(=O)(=O)c1ccc(C)cc1. The number of nitrogens with zero attached hydrogens (tertiary/aromatic N) is 1. The molecule has 0 radical (unpaired) electrons. The lowest BCUT2D eigenvalue weighted by molar-refractivity contribution is -0.119. The highest BCUT2D eigenvalue weighted by Gasteiger charge is 2.49. The van der Waals surface area contributed by atoms with E-state index in [1.54, 1.807) is 30.3 Å². The molecule has 3 aromatic rings. The van der Waals surface area contributed by atoms with Crippen LogP contribution in [-0.2, 0) is 26.1 Å². The van der Waals surface area contributed by atoms with Gasteiger partial charge in [-0.1, -0.05) is 81.8 Å². The van der Waals surface area contributed by atoms with Gasteiger partial charge in [-0.25, -0.2) is 0 Å². The molecule has 2 aliphatic carbocycles. The van der Waals surface area contributed by atoms with Crippen LogP contribution in [0, 0.1) is 17.8 Å².